The van der Waals surface area contributed by atoms with Crippen LogP contribution in [-0.2, 0) is 10.2 Å². The minimum Gasteiger partial charge on any atom is -0.453 e. The van der Waals surface area contributed by atoms with Gasteiger partial charge in [-0.3, -0.25) is 4.72 Å². The summed E-state index contributed by atoms with van der Waals surface area (Å²) in [5.41, 5.74) is 0.443. The molecule has 1 aliphatic rings. The highest BCUT2D eigenvalue weighted by atomic mass is 32.2. The average molecular weight is 420 g/mol. The number of anilines is 1. The SMILES string of the molecule is N#Cc1c(NS(=O)(=O)N2CC[C@@H](F)C2)ccc(F)c1Oc1ccc2ncoc2c1. The largest absolute Gasteiger partial charge is 0.453 e. The maximum Gasteiger partial charge on any atom is 0.301 e. The van der Waals surface area contributed by atoms with Crippen LogP contribution in [0.3, 0.4) is 0 Å². The minimum absolute atomic E-state index is 0.0140. The molecule has 3 aromatic rings. The van der Waals surface area contributed by atoms with Gasteiger partial charge in [0.1, 0.15) is 29.1 Å². The molecule has 1 aromatic heterocycles. The summed E-state index contributed by atoms with van der Waals surface area (Å²) in [7, 11) is -4.11. The zero-order valence-corrected chi connectivity index (χ0v) is 15.6. The molecule has 1 aliphatic heterocycles. The Morgan fingerprint density at radius 1 is 1.34 bits per heavy atom. The topological polar surface area (TPSA) is 108 Å². The van der Waals surface area contributed by atoms with E-state index in [1.165, 1.54) is 18.5 Å². The fourth-order valence-electron chi connectivity index (χ4n) is 2.98. The van der Waals surface area contributed by atoms with Gasteiger partial charge in [0.15, 0.2) is 23.5 Å². The number of hydrogen-bond donors (Lipinski definition) is 1. The predicted octanol–water partition coefficient (Wildman–Crippen LogP) is 3.33. The number of nitrogens with zero attached hydrogens (tertiary/aromatic N) is 3. The average Bonchev–Trinajstić information content (AvgIpc) is 3.33. The zero-order chi connectivity index (χ0) is 20.6. The van der Waals surface area contributed by atoms with E-state index in [-0.39, 0.29) is 36.5 Å². The lowest BCUT2D eigenvalue weighted by molar-refractivity contribution is 0.343. The van der Waals surface area contributed by atoms with E-state index in [4.69, 9.17) is 9.15 Å². The van der Waals surface area contributed by atoms with E-state index in [0.29, 0.717) is 11.1 Å². The number of ether oxygens (including phenoxy) is 1. The van der Waals surface area contributed by atoms with Crippen LogP contribution >= 0.6 is 0 Å². The first-order valence-corrected chi connectivity index (χ1v) is 9.97. The third kappa shape index (κ3) is 3.72. The number of aromatic nitrogens is 1. The predicted molar refractivity (Wildman–Crippen MR) is 98.8 cm³/mol. The molecule has 0 spiro atoms. The molecule has 1 atom stereocenters. The summed E-state index contributed by atoms with van der Waals surface area (Å²) in [4.78, 5) is 3.96. The van der Waals surface area contributed by atoms with Gasteiger partial charge >= 0.3 is 10.2 Å². The molecule has 150 valence electrons. The Hall–Kier alpha value is -3.23. The van der Waals surface area contributed by atoms with Crippen LogP contribution in [0.15, 0.2) is 41.1 Å². The van der Waals surface area contributed by atoms with Gasteiger partial charge in [0.25, 0.3) is 0 Å². The van der Waals surface area contributed by atoms with Gasteiger partial charge in [-0.25, -0.2) is 13.8 Å². The molecule has 2 aromatic carbocycles. The van der Waals surface area contributed by atoms with Crippen molar-refractivity contribution in [2.75, 3.05) is 17.8 Å². The van der Waals surface area contributed by atoms with Gasteiger partial charge in [-0.2, -0.15) is 18.0 Å². The van der Waals surface area contributed by atoms with Crippen molar-refractivity contribution in [1.82, 2.24) is 9.29 Å². The summed E-state index contributed by atoms with van der Waals surface area (Å²) in [6.45, 7) is -0.265. The van der Waals surface area contributed by atoms with E-state index in [0.717, 1.165) is 16.4 Å². The smallest absolute Gasteiger partial charge is 0.301 e. The Kier molecular flexibility index (Phi) is 4.81. The number of nitriles is 1. The number of rotatable bonds is 5. The lowest BCUT2D eigenvalue weighted by Gasteiger charge is -2.18. The van der Waals surface area contributed by atoms with Crippen molar-refractivity contribution in [2.45, 2.75) is 12.6 Å². The van der Waals surface area contributed by atoms with E-state index in [9.17, 15) is 22.5 Å². The van der Waals surface area contributed by atoms with E-state index >= 15 is 0 Å². The highest BCUT2D eigenvalue weighted by molar-refractivity contribution is 7.90. The molecule has 0 amide bonds. The Balaban J connectivity index is 1.67. The molecule has 2 heterocycles. The summed E-state index contributed by atoms with van der Waals surface area (Å²) in [6.07, 6.45) is 0.0828. The first-order valence-electron chi connectivity index (χ1n) is 8.53. The molecule has 0 unspecified atom stereocenters. The van der Waals surface area contributed by atoms with Crippen LogP contribution in [0, 0.1) is 17.1 Å². The number of oxazole rings is 1. The highest BCUT2D eigenvalue weighted by Gasteiger charge is 2.32. The maximum absolute atomic E-state index is 14.4. The van der Waals surface area contributed by atoms with Crippen LogP contribution in [0.1, 0.15) is 12.0 Å². The van der Waals surface area contributed by atoms with E-state index in [2.05, 4.69) is 9.71 Å². The number of fused-ring (bicyclic) bond motifs is 1. The molecule has 0 bridgehead atoms. The molecule has 0 radical (unpaired) electrons. The summed E-state index contributed by atoms with van der Waals surface area (Å²) in [5, 5.41) is 9.51. The van der Waals surface area contributed by atoms with Gasteiger partial charge in [-0.05, 0) is 30.7 Å². The van der Waals surface area contributed by atoms with Crippen molar-refractivity contribution >= 4 is 27.0 Å². The highest BCUT2D eigenvalue weighted by Crippen LogP contribution is 2.34. The fraction of sp³-hybridized carbons (Fsp3) is 0.222. The number of alkyl halides is 1. The summed E-state index contributed by atoms with van der Waals surface area (Å²) in [5.74, 6) is -1.13. The second kappa shape index (κ2) is 7.31. The fourth-order valence-corrected chi connectivity index (χ4v) is 4.26. The van der Waals surface area contributed by atoms with Crippen molar-refractivity contribution in [2.24, 2.45) is 0 Å². The quantitative estimate of drug-likeness (QED) is 0.678. The van der Waals surface area contributed by atoms with Gasteiger partial charge in [0, 0.05) is 19.2 Å². The van der Waals surface area contributed by atoms with Crippen molar-refractivity contribution in [1.29, 1.82) is 5.26 Å². The lowest BCUT2D eigenvalue weighted by atomic mass is 10.1. The van der Waals surface area contributed by atoms with Gasteiger partial charge in [0.05, 0.1) is 5.69 Å². The van der Waals surface area contributed by atoms with Crippen LogP contribution < -0.4 is 9.46 Å². The third-order valence-corrected chi connectivity index (χ3v) is 5.91. The van der Waals surface area contributed by atoms with Crippen LogP contribution in [0.5, 0.6) is 11.5 Å². The molecule has 1 saturated heterocycles. The van der Waals surface area contributed by atoms with Crippen molar-refractivity contribution in [3.8, 4) is 17.6 Å². The number of hydrogen-bond acceptors (Lipinski definition) is 6. The lowest BCUT2D eigenvalue weighted by Crippen LogP contribution is -2.34. The standard InChI is InChI=1S/C18H14F2N4O4S/c19-11-5-6-24(9-11)29(25,26)23-15-4-2-14(20)18(13(15)8-21)28-12-1-3-16-17(7-12)27-10-22-16/h1-4,7,10-11,23H,5-6,9H2/t11-/m1/s1. The monoisotopic (exact) mass is 420 g/mol. The first kappa shape index (κ1) is 19.1. The van der Waals surface area contributed by atoms with Gasteiger partial charge in [-0.1, -0.05) is 0 Å². The minimum atomic E-state index is -4.11. The molecule has 1 fully saturated rings. The van der Waals surface area contributed by atoms with E-state index in [1.807, 2.05) is 0 Å². The summed E-state index contributed by atoms with van der Waals surface area (Å²) in [6, 6.07) is 8.41. The second-order valence-corrected chi connectivity index (χ2v) is 8.02. The molecule has 8 nitrogen and oxygen atoms in total. The molecular formula is C18H14F2N4O4S. The Morgan fingerprint density at radius 3 is 2.90 bits per heavy atom. The van der Waals surface area contributed by atoms with Crippen molar-refractivity contribution in [3.63, 3.8) is 0 Å². The van der Waals surface area contributed by atoms with E-state index < -0.39 is 27.9 Å². The Bertz CT molecular complexity index is 1220. The van der Waals surface area contributed by atoms with Gasteiger partial charge in [0.2, 0.25) is 0 Å². The Labute approximate surface area is 164 Å². The van der Waals surface area contributed by atoms with Crippen molar-refractivity contribution in [3.05, 3.63) is 48.1 Å². The second-order valence-electron chi connectivity index (χ2n) is 6.35. The Morgan fingerprint density at radius 2 is 2.17 bits per heavy atom. The van der Waals surface area contributed by atoms with Crippen LogP contribution in [-0.4, -0.2) is 37.0 Å². The normalized spacial score (nSPS) is 17.3. The molecular weight excluding hydrogens is 406 g/mol. The van der Waals surface area contributed by atoms with Gasteiger partial charge in [-0.15, -0.1) is 0 Å². The number of nitrogens with one attached hydrogen (secondary N) is 1. The third-order valence-electron chi connectivity index (χ3n) is 4.42. The summed E-state index contributed by atoms with van der Waals surface area (Å²) < 4.78 is 66.5. The van der Waals surface area contributed by atoms with E-state index in [1.54, 1.807) is 12.1 Å². The van der Waals surface area contributed by atoms with Crippen LogP contribution in [0.2, 0.25) is 0 Å². The van der Waals surface area contributed by atoms with Crippen LogP contribution in [0.4, 0.5) is 14.5 Å². The van der Waals surface area contributed by atoms with Crippen LogP contribution in [0.25, 0.3) is 11.1 Å². The summed E-state index contributed by atoms with van der Waals surface area (Å²) >= 11 is 0. The van der Waals surface area contributed by atoms with Crippen molar-refractivity contribution < 1.29 is 26.4 Å². The van der Waals surface area contributed by atoms with Gasteiger partial charge < -0.3 is 9.15 Å². The molecule has 1 N–H and O–H groups in total. The molecule has 29 heavy (non-hydrogen) atoms. The number of halogens is 2. The maximum atomic E-state index is 14.4. The zero-order valence-electron chi connectivity index (χ0n) is 14.8. The number of benzene rings is 2. The molecule has 4 rings (SSSR count). The molecule has 0 saturated carbocycles. The molecule has 0 aliphatic carbocycles. The first-order chi connectivity index (χ1) is 13.9. The molecule has 11 heteroatoms.